The number of hydrogen-bond donors (Lipinski definition) is 2. The first-order valence-corrected chi connectivity index (χ1v) is 10.4. The zero-order chi connectivity index (χ0) is 20.8. The van der Waals surface area contributed by atoms with E-state index >= 15 is 0 Å². The minimum Gasteiger partial charge on any atom is -0.492 e. The highest BCUT2D eigenvalue weighted by molar-refractivity contribution is 5.95. The molecule has 0 radical (unpaired) electrons. The maximum atomic E-state index is 12.7. The first-order valence-electron chi connectivity index (χ1n) is 10.4. The van der Waals surface area contributed by atoms with Crippen LogP contribution < -0.4 is 15.4 Å². The van der Waals surface area contributed by atoms with Crippen LogP contribution in [0.1, 0.15) is 43.7 Å². The van der Waals surface area contributed by atoms with Crippen LogP contribution in [0.5, 0.6) is 5.75 Å². The van der Waals surface area contributed by atoms with Crippen molar-refractivity contribution >= 4 is 23.2 Å². The predicted molar refractivity (Wildman–Crippen MR) is 116 cm³/mol. The fraction of sp³-hybridized carbons (Fsp3) is 0.417. The van der Waals surface area contributed by atoms with Crippen LogP contribution in [-0.4, -0.2) is 18.4 Å². The highest BCUT2D eigenvalue weighted by Gasteiger charge is 2.30. The number of rotatable bonds is 6. The van der Waals surface area contributed by atoms with E-state index in [9.17, 15) is 9.59 Å². The van der Waals surface area contributed by atoms with E-state index in [1.165, 1.54) is 0 Å². The average Bonchev–Trinajstić information content (AvgIpc) is 2.72. The first kappa shape index (κ1) is 20.9. The van der Waals surface area contributed by atoms with Crippen molar-refractivity contribution in [2.24, 2.45) is 11.8 Å². The molecule has 1 saturated carbocycles. The van der Waals surface area contributed by atoms with E-state index in [0.29, 0.717) is 30.9 Å². The van der Waals surface area contributed by atoms with Crippen LogP contribution in [0.4, 0.5) is 11.4 Å². The molecular weight excluding hydrogens is 364 g/mol. The van der Waals surface area contributed by atoms with E-state index in [-0.39, 0.29) is 23.7 Å². The lowest BCUT2D eigenvalue weighted by Crippen LogP contribution is -2.32. The summed E-state index contributed by atoms with van der Waals surface area (Å²) in [5, 5.41) is 6.07. The van der Waals surface area contributed by atoms with E-state index in [4.69, 9.17) is 4.74 Å². The number of para-hydroxylation sites is 2. The molecule has 5 nitrogen and oxygen atoms in total. The molecule has 0 unspecified atom stereocenters. The molecule has 1 aliphatic rings. The molecule has 1 aliphatic carbocycles. The largest absolute Gasteiger partial charge is 0.492 e. The van der Waals surface area contributed by atoms with Crippen molar-refractivity contribution < 1.29 is 14.3 Å². The molecule has 0 atom stereocenters. The van der Waals surface area contributed by atoms with Crippen molar-refractivity contribution in [1.29, 1.82) is 0 Å². The number of benzene rings is 2. The van der Waals surface area contributed by atoms with Crippen LogP contribution >= 0.6 is 0 Å². The molecule has 29 heavy (non-hydrogen) atoms. The van der Waals surface area contributed by atoms with Crippen LogP contribution in [0.15, 0.2) is 42.5 Å². The van der Waals surface area contributed by atoms with Gasteiger partial charge in [-0.05, 0) is 75.8 Å². The third-order valence-corrected chi connectivity index (χ3v) is 5.56. The molecule has 2 aromatic carbocycles. The predicted octanol–water partition coefficient (Wildman–Crippen LogP) is 5.09. The van der Waals surface area contributed by atoms with Crippen molar-refractivity contribution in [3.8, 4) is 5.75 Å². The molecule has 3 rings (SSSR count). The molecule has 5 heteroatoms. The van der Waals surface area contributed by atoms with Gasteiger partial charge in [0.15, 0.2) is 0 Å². The topological polar surface area (TPSA) is 67.4 Å². The van der Waals surface area contributed by atoms with Crippen LogP contribution in [0.2, 0.25) is 0 Å². The second kappa shape index (κ2) is 9.59. The SMILES string of the molecule is CCOc1ccccc1NC(=O)C1CCC(C(=O)Nc2cc(C)ccc2C)CC1. The van der Waals surface area contributed by atoms with Crippen molar-refractivity contribution in [1.82, 2.24) is 0 Å². The second-order valence-electron chi connectivity index (χ2n) is 7.77. The summed E-state index contributed by atoms with van der Waals surface area (Å²) >= 11 is 0. The zero-order valence-electron chi connectivity index (χ0n) is 17.5. The summed E-state index contributed by atoms with van der Waals surface area (Å²) in [5.74, 6) is 0.624. The monoisotopic (exact) mass is 394 g/mol. The van der Waals surface area contributed by atoms with Gasteiger partial charge in [-0.3, -0.25) is 9.59 Å². The number of hydrogen-bond acceptors (Lipinski definition) is 3. The molecule has 1 fully saturated rings. The Kier molecular flexibility index (Phi) is 6.91. The van der Waals surface area contributed by atoms with Gasteiger partial charge < -0.3 is 15.4 Å². The normalized spacial score (nSPS) is 18.7. The molecule has 0 bridgehead atoms. The molecule has 0 saturated heterocycles. The van der Waals surface area contributed by atoms with Crippen molar-refractivity contribution in [3.63, 3.8) is 0 Å². The smallest absolute Gasteiger partial charge is 0.227 e. The van der Waals surface area contributed by atoms with Gasteiger partial charge >= 0.3 is 0 Å². The summed E-state index contributed by atoms with van der Waals surface area (Å²) in [5.41, 5.74) is 3.76. The first-order chi connectivity index (χ1) is 14.0. The lowest BCUT2D eigenvalue weighted by Gasteiger charge is -2.27. The Morgan fingerprint density at radius 1 is 0.897 bits per heavy atom. The third kappa shape index (κ3) is 5.37. The highest BCUT2D eigenvalue weighted by Crippen LogP contribution is 2.32. The molecule has 0 aromatic heterocycles. The molecule has 154 valence electrons. The van der Waals surface area contributed by atoms with Crippen molar-refractivity contribution in [3.05, 3.63) is 53.6 Å². The Morgan fingerprint density at radius 3 is 2.10 bits per heavy atom. The van der Waals surface area contributed by atoms with Gasteiger partial charge in [0.2, 0.25) is 11.8 Å². The molecule has 0 aliphatic heterocycles. The molecule has 0 spiro atoms. The summed E-state index contributed by atoms with van der Waals surface area (Å²) < 4.78 is 5.58. The van der Waals surface area contributed by atoms with Gasteiger partial charge in [-0.2, -0.15) is 0 Å². The lowest BCUT2D eigenvalue weighted by molar-refractivity contribution is -0.125. The van der Waals surface area contributed by atoms with E-state index in [1.54, 1.807) is 0 Å². The Balaban J connectivity index is 1.54. The Hall–Kier alpha value is -2.82. The van der Waals surface area contributed by atoms with Crippen LogP contribution in [0.25, 0.3) is 0 Å². The number of ether oxygens (including phenoxy) is 1. The quantitative estimate of drug-likeness (QED) is 0.717. The number of aryl methyl sites for hydroxylation is 2. The summed E-state index contributed by atoms with van der Waals surface area (Å²) in [7, 11) is 0. The number of carbonyl (C=O) groups is 2. The van der Waals surface area contributed by atoms with Crippen molar-refractivity contribution in [2.75, 3.05) is 17.2 Å². The van der Waals surface area contributed by atoms with Crippen LogP contribution in [-0.2, 0) is 9.59 Å². The van der Waals surface area contributed by atoms with Crippen LogP contribution in [0.3, 0.4) is 0 Å². The minimum atomic E-state index is -0.0746. The number of amides is 2. The van der Waals surface area contributed by atoms with E-state index in [1.807, 2.05) is 63.2 Å². The summed E-state index contributed by atoms with van der Waals surface area (Å²) in [6.07, 6.45) is 2.88. The van der Waals surface area contributed by atoms with Gasteiger partial charge in [-0.15, -0.1) is 0 Å². The van der Waals surface area contributed by atoms with Gasteiger partial charge in [0, 0.05) is 17.5 Å². The fourth-order valence-electron chi connectivity index (χ4n) is 3.81. The third-order valence-electron chi connectivity index (χ3n) is 5.56. The molecule has 0 heterocycles. The van der Waals surface area contributed by atoms with E-state index in [0.717, 1.165) is 29.7 Å². The molecule has 2 N–H and O–H groups in total. The maximum absolute atomic E-state index is 12.7. The summed E-state index contributed by atoms with van der Waals surface area (Å²) in [4.78, 5) is 25.4. The van der Waals surface area contributed by atoms with Gasteiger partial charge in [-0.1, -0.05) is 24.3 Å². The minimum absolute atomic E-state index is 0.00513. The van der Waals surface area contributed by atoms with Crippen molar-refractivity contribution in [2.45, 2.75) is 46.5 Å². The maximum Gasteiger partial charge on any atom is 0.227 e. The Morgan fingerprint density at radius 2 is 1.48 bits per heavy atom. The standard InChI is InChI=1S/C24H30N2O3/c1-4-29-22-8-6-5-7-20(22)25-23(27)18-11-13-19(14-12-18)24(28)26-21-15-16(2)9-10-17(21)3/h5-10,15,18-19H,4,11-14H2,1-3H3,(H,25,27)(H,26,28). The summed E-state index contributed by atoms with van der Waals surface area (Å²) in [6.45, 7) is 6.48. The number of anilines is 2. The second-order valence-corrected chi connectivity index (χ2v) is 7.77. The average molecular weight is 395 g/mol. The lowest BCUT2D eigenvalue weighted by atomic mass is 9.81. The van der Waals surface area contributed by atoms with Gasteiger partial charge in [-0.25, -0.2) is 0 Å². The van der Waals surface area contributed by atoms with E-state index < -0.39 is 0 Å². The van der Waals surface area contributed by atoms with Crippen LogP contribution in [0, 0.1) is 25.7 Å². The van der Waals surface area contributed by atoms with Gasteiger partial charge in [0.05, 0.1) is 12.3 Å². The Labute approximate surface area is 172 Å². The fourth-order valence-corrected chi connectivity index (χ4v) is 3.81. The number of carbonyl (C=O) groups excluding carboxylic acids is 2. The molecule has 2 amide bonds. The Bertz CT molecular complexity index is 870. The number of nitrogens with one attached hydrogen (secondary N) is 2. The summed E-state index contributed by atoms with van der Waals surface area (Å²) in [6, 6.07) is 13.5. The zero-order valence-corrected chi connectivity index (χ0v) is 17.5. The van der Waals surface area contributed by atoms with E-state index in [2.05, 4.69) is 10.6 Å². The molecular formula is C24H30N2O3. The van der Waals surface area contributed by atoms with Gasteiger partial charge in [0.25, 0.3) is 0 Å². The highest BCUT2D eigenvalue weighted by atomic mass is 16.5. The molecule has 2 aromatic rings. The van der Waals surface area contributed by atoms with Gasteiger partial charge in [0.1, 0.15) is 5.75 Å².